The molecule has 2 heterocycles. The molecular formula is C15H11N3O2. The predicted octanol–water partition coefficient (Wildman–Crippen LogP) is 3.08. The van der Waals surface area contributed by atoms with Gasteiger partial charge in [0.2, 0.25) is 5.58 Å². The summed E-state index contributed by atoms with van der Waals surface area (Å²) in [6.07, 6.45) is 0. The number of methoxy groups -OCH3 is 1. The number of pyridine rings is 1. The van der Waals surface area contributed by atoms with Crippen LogP contribution in [0.25, 0.3) is 22.2 Å². The van der Waals surface area contributed by atoms with Crippen LogP contribution in [0.5, 0.6) is 5.88 Å². The summed E-state index contributed by atoms with van der Waals surface area (Å²) in [5.74, 6) is 0.405. The molecule has 1 aromatic carbocycles. The SMILES string of the molecule is COc1nc(-c2ccc(C#N)cc2)cc2c(C)noc12. The Hall–Kier alpha value is -2.87. The third-order valence-electron chi connectivity index (χ3n) is 3.11. The van der Waals surface area contributed by atoms with E-state index in [0.29, 0.717) is 17.0 Å². The number of nitriles is 1. The fourth-order valence-corrected chi connectivity index (χ4v) is 2.03. The lowest BCUT2D eigenvalue weighted by molar-refractivity contribution is 0.379. The van der Waals surface area contributed by atoms with Gasteiger partial charge in [-0.25, -0.2) is 4.98 Å². The van der Waals surface area contributed by atoms with Crippen LogP contribution in [0.2, 0.25) is 0 Å². The Morgan fingerprint density at radius 2 is 2.00 bits per heavy atom. The van der Waals surface area contributed by atoms with Crippen molar-refractivity contribution in [3.8, 4) is 23.2 Å². The first-order valence-electron chi connectivity index (χ1n) is 6.04. The van der Waals surface area contributed by atoms with E-state index < -0.39 is 0 Å². The van der Waals surface area contributed by atoms with E-state index in [2.05, 4.69) is 16.2 Å². The number of nitrogens with zero attached hydrogens (tertiary/aromatic N) is 3. The molecule has 0 aliphatic carbocycles. The lowest BCUT2D eigenvalue weighted by atomic mass is 10.1. The van der Waals surface area contributed by atoms with Gasteiger partial charge in [-0.3, -0.25) is 0 Å². The van der Waals surface area contributed by atoms with E-state index in [1.165, 1.54) is 0 Å². The second-order valence-electron chi connectivity index (χ2n) is 4.35. The molecule has 0 saturated heterocycles. The van der Waals surface area contributed by atoms with Gasteiger partial charge >= 0.3 is 0 Å². The minimum Gasteiger partial charge on any atom is -0.478 e. The third-order valence-corrected chi connectivity index (χ3v) is 3.11. The minimum atomic E-state index is 0.405. The van der Waals surface area contributed by atoms with Crippen molar-refractivity contribution in [2.75, 3.05) is 7.11 Å². The van der Waals surface area contributed by atoms with Crippen LogP contribution in [-0.4, -0.2) is 17.3 Å². The van der Waals surface area contributed by atoms with E-state index in [-0.39, 0.29) is 0 Å². The Kier molecular flexibility index (Phi) is 2.84. The molecule has 3 rings (SSSR count). The molecule has 0 aliphatic rings. The topological polar surface area (TPSA) is 71.9 Å². The fourth-order valence-electron chi connectivity index (χ4n) is 2.03. The smallest absolute Gasteiger partial charge is 0.261 e. The van der Waals surface area contributed by atoms with Crippen molar-refractivity contribution in [3.63, 3.8) is 0 Å². The van der Waals surface area contributed by atoms with Gasteiger partial charge in [-0.05, 0) is 25.1 Å². The summed E-state index contributed by atoms with van der Waals surface area (Å²) < 4.78 is 10.5. The molecule has 0 N–H and O–H groups in total. The third kappa shape index (κ3) is 1.88. The number of hydrogen-bond acceptors (Lipinski definition) is 5. The molecule has 0 radical (unpaired) electrons. The summed E-state index contributed by atoms with van der Waals surface area (Å²) >= 11 is 0. The summed E-state index contributed by atoms with van der Waals surface area (Å²) in [4.78, 5) is 4.42. The average molecular weight is 265 g/mol. The van der Waals surface area contributed by atoms with Crippen molar-refractivity contribution < 1.29 is 9.26 Å². The molecule has 5 heteroatoms. The Morgan fingerprint density at radius 1 is 1.25 bits per heavy atom. The van der Waals surface area contributed by atoms with Gasteiger partial charge in [-0.1, -0.05) is 17.3 Å². The molecule has 0 aliphatic heterocycles. The number of benzene rings is 1. The van der Waals surface area contributed by atoms with Gasteiger partial charge < -0.3 is 9.26 Å². The maximum absolute atomic E-state index is 8.82. The van der Waals surface area contributed by atoms with Gasteiger partial charge in [0.05, 0.1) is 35.5 Å². The predicted molar refractivity (Wildman–Crippen MR) is 73.2 cm³/mol. The molecular weight excluding hydrogens is 254 g/mol. The van der Waals surface area contributed by atoms with E-state index in [9.17, 15) is 0 Å². The van der Waals surface area contributed by atoms with E-state index in [1.807, 2.05) is 25.1 Å². The number of aryl methyl sites for hydroxylation is 1. The Bertz CT molecular complexity index is 813. The molecule has 3 aromatic rings. The fraction of sp³-hybridized carbons (Fsp3) is 0.133. The van der Waals surface area contributed by atoms with E-state index >= 15 is 0 Å². The molecule has 0 amide bonds. The summed E-state index contributed by atoms with van der Waals surface area (Å²) in [6, 6.07) is 11.2. The lowest BCUT2D eigenvalue weighted by Gasteiger charge is -2.04. The van der Waals surface area contributed by atoms with Gasteiger partial charge in [-0.15, -0.1) is 0 Å². The molecule has 0 saturated carbocycles. The monoisotopic (exact) mass is 265 g/mol. The van der Waals surface area contributed by atoms with Gasteiger partial charge in [0, 0.05) is 5.56 Å². The number of ether oxygens (including phenoxy) is 1. The number of hydrogen-bond donors (Lipinski definition) is 0. The minimum absolute atomic E-state index is 0.405. The Labute approximate surface area is 115 Å². The molecule has 0 fully saturated rings. The molecule has 0 atom stereocenters. The average Bonchev–Trinajstić information content (AvgIpc) is 2.88. The first kappa shape index (κ1) is 12.2. The zero-order valence-corrected chi connectivity index (χ0v) is 11.0. The maximum atomic E-state index is 8.82. The summed E-state index contributed by atoms with van der Waals surface area (Å²) in [5, 5.41) is 13.6. The number of aromatic nitrogens is 2. The van der Waals surface area contributed by atoms with Crippen molar-refractivity contribution in [2.45, 2.75) is 6.92 Å². The van der Waals surface area contributed by atoms with Crippen LogP contribution in [0.4, 0.5) is 0 Å². The standard InChI is InChI=1S/C15H11N3O2/c1-9-12-7-13(11-5-3-10(8-16)4-6-11)17-15(19-2)14(12)20-18-9/h3-7H,1-2H3. The van der Waals surface area contributed by atoms with Crippen molar-refractivity contribution in [1.82, 2.24) is 10.1 Å². The summed E-state index contributed by atoms with van der Waals surface area (Å²) in [7, 11) is 1.54. The zero-order chi connectivity index (χ0) is 14.1. The second-order valence-corrected chi connectivity index (χ2v) is 4.35. The molecule has 2 aromatic heterocycles. The number of fused-ring (bicyclic) bond motifs is 1. The Morgan fingerprint density at radius 3 is 2.65 bits per heavy atom. The largest absolute Gasteiger partial charge is 0.478 e. The summed E-state index contributed by atoms with van der Waals surface area (Å²) in [6.45, 7) is 1.87. The van der Waals surface area contributed by atoms with Gasteiger partial charge in [-0.2, -0.15) is 5.26 Å². The van der Waals surface area contributed by atoms with E-state index in [4.69, 9.17) is 14.5 Å². The molecule has 0 bridgehead atoms. The summed E-state index contributed by atoms with van der Waals surface area (Å²) in [5.41, 5.74) is 3.61. The highest BCUT2D eigenvalue weighted by atomic mass is 16.5. The van der Waals surface area contributed by atoms with Crippen molar-refractivity contribution in [2.24, 2.45) is 0 Å². The van der Waals surface area contributed by atoms with Crippen LogP contribution in [0, 0.1) is 18.3 Å². The van der Waals surface area contributed by atoms with E-state index in [1.54, 1.807) is 19.2 Å². The van der Waals surface area contributed by atoms with Crippen LogP contribution in [0.15, 0.2) is 34.9 Å². The van der Waals surface area contributed by atoms with Gasteiger partial charge in [0.25, 0.3) is 5.88 Å². The normalized spacial score (nSPS) is 10.4. The van der Waals surface area contributed by atoms with Crippen molar-refractivity contribution in [1.29, 1.82) is 5.26 Å². The zero-order valence-electron chi connectivity index (χ0n) is 11.0. The highest BCUT2D eigenvalue weighted by Crippen LogP contribution is 2.30. The molecule has 20 heavy (non-hydrogen) atoms. The highest BCUT2D eigenvalue weighted by Gasteiger charge is 2.14. The molecule has 0 spiro atoms. The first-order valence-corrected chi connectivity index (χ1v) is 6.04. The lowest BCUT2D eigenvalue weighted by Crippen LogP contribution is -1.91. The maximum Gasteiger partial charge on any atom is 0.261 e. The molecule has 5 nitrogen and oxygen atoms in total. The first-order chi connectivity index (χ1) is 9.72. The Balaban J connectivity index is 2.20. The quantitative estimate of drug-likeness (QED) is 0.712. The van der Waals surface area contributed by atoms with Crippen molar-refractivity contribution >= 4 is 11.0 Å². The van der Waals surface area contributed by atoms with Gasteiger partial charge in [0.15, 0.2) is 0 Å². The van der Waals surface area contributed by atoms with Crippen LogP contribution in [0.1, 0.15) is 11.3 Å². The van der Waals surface area contributed by atoms with Gasteiger partial charge in [0.1, 0.15) is 0 Å². The highest BCUT2D eigenvalue weighted by molar-refractivity contribution is 5.87. The van der Waals surface area contributed by atoms with E-state index in [0.717, 1.165) is 22.3 Å². The van der Waals surface area contributed by atoms with Crippen LogP contribution in [0.3, 0.4) is 0 Å². The van der Waals surface area contributed by atoms with Crippen molar-refractivity contribution in [3.05, 3.63) is 41.6 Å². The van der Waals surface area contributed by atoms with Crippen LogP contribution < -0.4 is 4.74 Å². The van der Waals surface area contributed by atoms with Crippen LogP contribution >= 0.6 is 0 Å². The molecule has 0 unspecified atom stereocenters. The number of rotatable bonds is 2. The second kappa shape index (κ2) is 4.67. The molecule has 98 valence electrons. The van der Waals surface area contributed by atoms with Crippen LogP contribution in [-0.2, 0) is 0 Å².